The maximum atomic E-state index is 11.9. The van der Waals surface area contributed by atoms with Crippen LogP contribution in [0.4, 0.5) is 5.82 Å². The van der Waals surface area contributed by atoms with E-state index in [0.29, 0.717) is 17.9 Å². The second kappa shape index (κ2) is 26.9. The molecule has 2 aromatic heterocycles. The van der Waals surface area contributed by atoms with E-state index in [0.717, 1.165) is 51.4 Å². The molecule has 16 heteroatoms. The molecule has 0 aliphatic heterocycles. The summed E-state index contributed by atoms with van der Waals surface area (Å²) in [6.45, 7) is -1.33. The minimum atomic E-state index is -1.31. The molecular formula is C26H44N7O8Tc-. The minimum Gasteiger partial charge on any atom is -0.585 e. The summed E-state index contributed by atoms with van der Waals surface area (Å²) in [4.78, 5) is 42.7. The van der Waals surface area contributed by atoms with Gasteiger partial charge in [-0.15, -0.1) is 0 Å². The van der Waals surface area contributed by atoms with Gasteiger partial charge in [-0.05, 0) is 25.0 Å². The van der Waals surface area contributed by atoms with Crippen LogP contribution in [0.1, 0.15) is 68.1 Å². The van der Waals surface area contributed by atoms with Crippen LogP contribution < -0.4 is 16.1 Å². The van der Waals surface area contributed by atoms with Crippen LogP contribution >= 0.6 is 0 Å². The van der Waals surface area contributed by atoms with Gasteiger partial charge in [-0.2, -0.15) is 0 Å². The van der Waals surface area contributed by atoms with Gasteiger partial charge < -0.3 is 47.1 Å². The Morgan fingerprint density at radius 2 is 1.48 bits per heavy atom. The molecule has 2 rings (SSSR count). The molecule has 2 aromatic rings. The molecule has 1 radical (unpaired) electrons. The zero-order valence-corrected chi connectivity index (χ0v) is 25.5. The van der Waals surface area contributed by atoms with Crippen molar-refractivity contribution in [3.05, 3.63) is 48.5 Å². The number of amides is 1. The first-order valence-corrected chi connectivity index (χ1v) is 13.3. The number of pyridine rings is 1. The van der Waals surface area contributed by atoms with Crippen LogP contribution in [0.2, 0.25) is 0 Å². The molecule has 42 heavy (non-hydrogen) atoms. The Morgan fingerprint density at radius 1 is 0.881 bits per heavy atom. The largest absolute Gasteiger partial charge is 0.585 e. The molecule has 0 spiro atoms. The normalized spacial score (nSPS) is 10.2. The number of H-pyrrole nitrogens is 1. The number of carboxylic acids is 2. The van der Waals surface area contributed by atoms with Crippen molar-refractivity contribution in [2.75, 3.05) is 38.3 Å². The third kappa shape index (κ3) is 21.7. The van der Waals surface area contributed by atoms with Gasteiger partial charge in [0, 0.05) is 51.7 Å². The number of aliphatic hydroxyl groups is 3. The van der Waals surface area contributed by atoms with Crippen molar-refractivity contribution in [2.24, 2.45) is 0 Å². The van der Waals surface area contributed by atoms with Gasteiger partial charge in [-0.25, -0.2) is 9.97 Å². The van der Waals surface area contributed by atoms with E-state index >= 15 is 0 Å². The maximum Gasteiger partial charge on any atom is 0.317 e. The number of carbonyl (C=O) groups excluding carboxylic acids is 1. The first-order chi connectivity index (χ1) is 19.7. The Morgan fingerprint density at radius 3 is 1.88 bits per heavy atom. The Bertz CT molecular complexity index is 908. The van der Waals surface area contributed by atoms with Crippen LogP contribution in [0.3, 0.4) is 0 Å². The Kier molecular flexibility index (Phi) is 26.3. The number of aliphatic hydroxyl groups excluding tert-OH is 3. The van der Waals surface area contributed by atoms with Crippen molar-refractivity contribution in [2.45, 2.75) is 63.3 Å². The van der Waals surface area contributed by atoms with Crippen molar-refractivity contribution in [3.63, 3.8) is 0 Å². The zero-order chi connectivity index (χ0) is 30.8. The number of carbonyl (C=O) groups is 3. The third-order valence-corrected chi connectivity index (χ3v) is 5.69. The Hall–Kier alpha value is -2.98. The molecule has 0 unspecified atom stereocenters. The molecule has 0 fully saturated rings. The molecule has 0 saturated heterocycles. The molecule has 2 heterocycles. The number of aromatic nitrogens is 3. The van der Waals surface area contributed by atoms with Gasteiger partial charge in [-0.1, -0.05) is 38.5 Å². The summed E-state index contributed by atoms with van der Waals surface area (Å²) >= 11 is 0. The minimum absolute atomic E-state index is 0. The third-order valence-electron chi connectivity index (χ3n) is 5.69. The van der Waals surface area contributed by atoms with Gasteiger partial charge in [0.25, 0.3) is 5.91 Å². The number of hydrogen-bond donors (Lipinski definition) is 9. The number of aliphatic carboxylic acids is 2. The number of unbranched alkanes of at least 4 members (excludes halogenated alkanes) is 7. The van der Waals surface area contributed by atoms with Crippen LogP contribution in [-0.2, 0) is 29.7 Å². The maximum absolute atomic E-state index is 11.9. The summed E-state index contributed by atoms with van der Waals surface area (Å²) < 4.78 is 0. The number of aromatic amines is 1. The first-order valence-electron chi connectivity index (χ1n) is 13.3. The van der Waals surface area contributed by atoms with Gasteiger partial charge in [0.05, 0.1) is 43.8 Å². The summed E-state index contributed by atoms with van der Waals surface area (Å²) in [7, 11) is 0. The summed E-state index contributed by atoms with van der Waals surface area (Å²) in [5.41, 5.74) is 1.36. The number of nitrogens with zero attached hydrogens (tertiary/aromatic N) is 2. The van der Waals surface area contributed by atoms with E-state index in [9.17, 15) is 14.4 Å². The molecule has 0 atom stereocenters. The van der Waals surface area contributed by atoms with Gasteiger partial charge in [0.1, 0.15) is 5.82 Å². The van der Waals surface area contributed by atoms with E-state index in [1.165, 1.54) is 6.20 Å². The van der Waals surface area contributed by atoms with E-state index in [-0.39, 0.29) is 32.4 Å². The number of anilines is 1. The first kappa shape index (κ1) is 41.2. The smallest absolute Gasteiger partial charge is 0.317 e. The summed E-state index contributed by atoms with van der Waals surface area (Å²) in [6.07, 6.45) is 15.1. The van der Waals surface area contributed by atoms with E-state index in [4.69, 9.17) is 31.4 Å². The predicted octanol–water partition coefficient (Wildman–Crippen LogP) is 1.57. The molecule has 0 aliphatic rings. The van der Waals surface area contributed by atoms with E-state index in [1.807, 2.05) is 0 Å². The second-order valence-electron chi connectivity index (χ2n) is 9.05. The zero-order valence-electron chi connectivity index (χ0n) is 23.6. The van der Waals surface area contributed by atoms with Crippen LogP contribution in [-0.4, -0.2) is 96.8 Å². The summed E-state index contributed by atoms with van der Waals surface area (Å²) in [5, 5.41) is 48.1. The van der Waals surface area contributed by atoms with Gasteiger partial charge in [-0.3, -0.25) is 19.7 Å². The monoisotopic (exact) mass is 679 g/mol. The fraction of sp³-hybridized carbons (Fsp3) is 0.577. The van der Waals surface area contributed by atoms with Gasteiger partial charge in [0.15, 0.2) is 0 Å². The van der Waals surface area contributed by atoms with Crippen molar-refractivity contribution in [3.8, 4) is 0 Å². The van der Waals surface area contributed by atoms with Crippen LogP contribution in [0.5, 0.6) is 0 Å². The molecule has 0 saturated carbocycles. The molecule has 0 bridgehead atoms. The number of imidazole rings is 1. The SMILES string of the molecule is O=C(O)CNC(CO)(CO)CO.[NH-]Nc1ccc(C(=O)NCCCCCCCCCCC(=O)O)cn1.[Tc].c1c[nH]cn1. The van der Waals surface area contributed by atoms with E-state index in [2.05, 4.69) is 31.0 Å². The van der Waals surface area contributed by atoms with E-state index in [1.54, 1.807) is 30.9 Å². The summed E-state index contributed by atoms with van der Waals surface area (Å²) in [6, 6.07) is 3.24. The van der Waals surface area contributed by atoms with Crippen molar-refractivity contribution in [1.29, 1.82) is 0 Å². The number of rotatable bonds is 19. The molecule has 239 valence electrons. The fourth-order valence-corrected chi connectivity index (χ4v) is 3.16. The predicted molar refractivity (Wildman–Crippen MR) is 152 cm³/mol. The molecule has 0 aliphatic carbocycles. The molecule has 1 amide bonds. The van der Waals surface area contributed by atoms with E-state index < -0.39 is 43.8 Å². The van der Waals surface area contributed by atoms with Crippen LogP contribution in [0.15, 0.2) is 37.1 Å². The topological polar surface area (TPSA) is 254 Å². The Balaban J connectivity index is 0. The fourth-order valence-electron chi connectivity index (χ4n) is 3.16. The average molecular weight is 681 g/mol. The van der Waals surface area contributed by atoms with Crippen molar-refractivity contribution >= 4 is 23.7 Å². The molecule has 15 nitrogen and oxygen atoms in total. The van der Waals surface area contributed by atoms with Crippen LogP contribution in [0.25, 0.3) is 5.84 Å². The number of hydrogen-bond acceptors (Lipinski definition) is 10. The van der Waals surface area contributed by atoms with Crippen LogP contribution in [0, 0.1) is 0 Å². The average Bonchev–Trinajstić information content (AvgIpc) is 3.57. The molecular weight excluding hydrogens is 636 g/mol. The van der Waals surface area contributed by atoms with Gasteiger partial charge >= 0.3 is 11.9 Å². The van der Waals surface area contributed by atoms with Crippen molar-refractivity contribution < 1.29 is 60.0 Å². The quantitative estimate of drug-likeness (QED) is 0.0757. The number of nitrogens with one attached hydrogen (secondary N) is 5. The second-order valence-corrected chi connectivity index (χ2v) is 9.05. The van der Waals surface area contributed by atoms with Gasteiger partial charge in [0.2, 0.25) is 0 Å². The standard InChI is InChI=1S/C17H27N4O3.C6H13NO5.C3H4N2.Tc/c18-21-15-11-10-14(13-20-15)17(24)19-12-8-6-4-2-1-3-5-7-9-16(22)23;8-2-6(3-9,4-10)7-1-5(11)12;1-2-5-3-4-1;/h10-11,13,18H,1-9,12H2,(H,22,23)(H2,19,20,21,24);7-10H,1-4H2,(H,11,12);1-3H,(H,4,5);/q-1;;;. The summed E-state index contributed by atoms with van der Waals surface area (Å²) in [5.74, 6) is 5.38. The number of carboxylic acid groups (broad SMARTS) is 2. The Labute approximate surface area is 259 Å². The molecule has 10 N–H and O–H groups in total. The molecule has 0 aromatic carbocycles. The van der Waals surface area contributed by atoms with Crippen molar-refractivity contribution in [1.82, 2.24) is 25.6 Å².